The monoisotopic (exact) mass is 652 g/mol. The van der Waals surface area contributed by atoms with Crippen LogP contribution in [0.1, 0.15) is 25.0 Å². The Morgan fingerprint density at radius 1 is 0.373 bits per heavy atom. The average molecular weight is 653 g/mol. The van der Waals surface area contributed by atoms with Gasteiger partial charge < -0.3 is 9.13 Å². The molecule has 2 nitrogen and oxygen atoms in total. The molecule has 0 unspecified atom stereocenters. The summed E-state index contributed by atoms with van der Waals surface area (Å²) < 4.78 is 5.00. The van der Waals surface area contributed by atoms with E-state index in [0.29, 0.717) is 0 Å². The molecule has 2 aromatic heterocycles. The predicted octanol–water partition coefficient (Wildman–Crippen LogP) is 12.9. The standard InChI is InChI=1S/C49H36N2/c1-49(2)41-27-15-12-24-37(41)38-31-30-36(32-42(38)49)51-43-28-16-13-25-39(43)45(33-18-6-3-7-19-33)48(51)46-40-26-14-17-29-44(40)50(35-22-10-5-11-23-35)47(46)34-20-8-4-9-21-34/h3-32H,1-2H3. The SMILES string of the molecule is CC1(C)c2ccccc2-c2ccc(-n3c(-c4c(-c5ccccc5)n(-c5ccccc5)c5ccccc45)c(-c4ccccc4)c4ccccc43)cc21. The van der Waals surface area contributed by atoms with Crippen molar-refractivity contribution in [3.63, 3.8) is 0 Å². The first-order valence-corrected chi connectivity index (χ1v) is 17.8. The number of hydrogen-bond donors (Lipinski definition) is 0. The molecule has 9 aromatic rings. The maximum Gasteiger partial charge on any atom is 0.0647 e. The minimum atomic E-state index is -0.119. The molecule has 2 heteroatoms. The Labute approximate surface area is 298 Å². The average Bonchev–Trinajstić information content (AvgIpc) is 3.79. The molecular weight excluding hydrogens is 617 g/mol. The van der Waals surface area contributed by atoms with Crippen molar-refractivity contribution in [3.05, 3.63) is 193 Å². The zero-order valence-electron chi connectivity index (χ0n) is 28.7. The highest BCUT2D eigenvalue weighted by Crippen LogP contribution is 2.52. The van der Waals surface area contributed by atoms with Gasteiger partial charge in [-0.3, -0.25) is 0 Å². The third-order valence-corrected chi connectivity index (χ3v) is 10.9. The van der Waals surface area contributed by atoms with Crippen molar-refractivity contribution in [1.82, 2.24) is 9.13 Å². The predicted molar refractivity (Wildman–Crippen MR) is 214 cm³/mol. The summed E-state index contributed by atoms with van der Waals surface area (Å²) in [5, 5.41) is 2.45. The molecule has 51 heavy (non-hydrogen) atoms. The van der Waals surface area contributed by atoms with E-state index in [1.54, 1.807) is 0 Å². The largest absolute Gasteiger partial charge is 0.309 e. The first kappa shape index (κ1) is 29.5. The molecule has 0 amide bonds. The van der Waals surface area contributed by atoms with Crippen LogP contribution in [-0.4, -0.2) is 9.13 Å². The minimum Gasteiger partial charge on any atom is -0.309 e. The summed E-state index contributed by atoms with van der Waals surface area (Å²) in [5.74, 6) is 0. The molecule has 1 aliphatic rings. The van der Waals surface area contributed by atoms with Crippen LogP contribution in [0.15, 0.2) is 182 Å². The van der Waals surface area contributed by atoms with Crippen LogP contribution in [0.3, 0.4) is 0 Å². The number of hydrogen-bond acceptors (Lipinski definition) is 0. The van der Waals surface area contributed by atoms with E-state index in [0.717, 1.165) is 5.69 Å². The number of fused-ring (bicyclic) bond motifs is 5. The lowest BCUT2D eigenvalue weighted by atomic mass is 9.82. The molecule has 0 fully saturated rings. The second-order valence-corrected chi connectivity index (χ2v) is 14.1. The van der Waals surface area contributed by atoms with E-state index in [2.05, 4.69) is 205 Å². The summed E-state index contributed by atoms with van der Waals surface area (Å²) in [6, 6.07) is 66.6. The lowest BCUT2D eigenvalue weighted by Crippen LogP contribution is -2.15. The van der Waals surface area contributed by atoms with E-state index in [4.69, 9.17) is 0 Å². The van der Waals surface area contributed by atoms with Crippen LogP contribution >= 0.6 is 0 Å². The summed E-state index contributed by atoms with van der Waals surface area (Å²) in [6.45, 7) is 4.74. The molecule has 0 bridgehead atoms. The quantitative estimate of drug-likeness (QED) is 0.175. The van der Waals surface area contributed by atoms with Gasteiger partial charge in [0.25, 0.3) is 0 Å². The Balaban J connectivity index is 1.39. The molecule has 242 valence electrons. The molecule has 0 saturated heterocycles. The lowest BCUT2D eigenvalue weighted by molar-refractivity contribution is 0.660. The summed E-state index contributed by atoms with van der Waals surface area (Å²) in [5.41, 5.74) is 17.2. The van der Waals surface area contributed by atoms with Crippen molar-refractivity contribution in [3.8, 4) is 56.1 Å². The van der Waals surface area contributed by atoms with Crippen molar-refractivity contribution < 1.29 is 0 Å². The molecule has 2 heterocycles. The van der Waals surface area contributed by atoms with Gasteiger partial charge in [-0.05, 0) is 69.8 Å². The molecule has 1 aliphatic carbocycles. The summed E-state index contributed by atoms with van der Waals surface area (Å²) in [4.78, 5) is 0. The number of para-hydroxylation sites is 3. The van der Waals surface area contributed by atoms with Crippen molar-refractivity contribution in [2.75, 3.05) is 0 Å². The molecule has 0 spiro atoms. The Hall–Kier alpha value is -6.38. The lowest BCUT2D eigenvalue weighted by Gasteiger charge is -2.23. The highest BCUT2D eigenvalue weighted by molar-refractivity contribution is 6.14. The van der Waals surface area contributed by atoms with Gasteiger partial charge in [-0.1, -0.05) is 159 Å². The molecular formula is C49H36N2. The fraction of sp³-hybridized carbons (Fsp3) is 0.0612. The maximum absolute atomic E-state index is 2.54. The molecule has 0 aliphatic heterocycles. The molecule has 7 aromatic carbocycles. The fourth-order valence-electron chi connectivity index (χ4n) is 8.67. The maximum atomic E-state index is 2.54. The van der Waals surface area contributed by atoms with Gasteiger partial charge in [0.2, 0.25) is 0 Å². The summed E-state index contributed by atoms with van der Waals surface area (Å²) >= 11 is 0. The van der Waals surface area contributed by atoms with Crippen LogP contribution in [0.4, 0.5) is 0 Å². The first-order chi connectivity index (χ1) is 25.1. The Kier molecular flexibility index (Phi) is 6.56. The molecule has 0 saturated carbocycles. The van der Waals surface area contributed by atoms with Crippen molar-refractivity contribution >= 4 is 21.8 Å². The van der Waals surface area contributed by atoms with Gasteiger partial charge in [0.15, 0.2) is 0 Å². The first-order valence-electron chi connectivity index (χ1n) is 17.8. The van der Waals surface area contributed by atoms with Crippen molar-refractivity contribution in [2.24, 2.45) is 0 Å². The second kappa shape index (κ2) is 11.3. The number of aromatic nitrogens is 2. The fourth-order valence-corrected chi connectivity index (χ4v) is 8.67. The third-order valence-electron chi connectivity index (χ3n) is 10.9. The zero-order chi connectivity index (χ0) is 34.1. The van der Waals surface area contributed by atoms with Crippen LogP contribution in [0, 0.1) is 0 Å². The van der Waals surface area contributed by atoms with Gasteiger partial charge in [0.05, 0.1) is 22.4 Å². The molecule has 0 radical (unpaired) electrons. The van der Waals surface area contributed by atoms with Crippen LogP contribution in [0.2, 0.25) is 0 Å². The van der Waals surface area contributed by atoms with Gasteiger partial charge in [-0.15, -0.1) is 0 Å². The van der Waals surface area contributed by atoms with Gasteiger partial charge in [-0.2, -0.15) is 0 Å². The van der Waals surface area contributed by atoms with Gasteiger partial charge >= 0.3 is 0 Å². The van der Waals surface area contributed by atoms with E-state index in [1.165, 1.54) is 83.4 Å². The van der Waals surface area contributed by atoms with Gasteiger partial charge in [0.1, 0.15) is 0 Å². The van der Waals surface area contributed by atoms with Crippen LogP contribution in [0.25, 0.3) is 77.9 Å². The van der Waals surface area contributed by atoms with Crippen LogP contribution in [0.5, 0.6) is 0 Å². The highest BCUT2D eigenvalue weighted by atomic mass is 15.0. The summed E-state index contributed by atoms with van der Waals surface area (Å²) in [7, 11) is 0. The van der Waals surface area contributed by atoms with Crippen LogP contribution < -0.4 is 0 Å². The Morgan fingerprint density at radius 2 is 0.882 bits per heavy atom. The number of nitrogens with zero attached hydrogens (tertiary/aromatic N) is 2. The normalized spacial score (nSPS) is 13.1. The number of benzene rings is 7. The van der Waals surface area contributed by atoms with E-state index in [-0.39, 0.29) is 5.41 Å². The topological polar surface area (TPSA) is 9.86 Å². The van der Waals surface area contributed by atoms with E-state index < -0.39 is 0 Å². The smallest absolute Gasteiger partial charge is 0.0647 e. The molecule has 10 rings (SSSR count). The number of rotatable bonds is 5. The Bertz CT molecular complexity index is 2750. The second-order valence-electron chi connectivity index (χ2n) is 14.1. The molecule has 0 N–H and O–H groups in total. The highest BCUT2D eigenvalue weighted by Gasteiger charge is 2.36. The zero-order valence-corrected chi connectivity index (χ0v) is 28.7. The summed E-state index contributed by atoms with van der Waals surface area (Å²) in [6.07, 6.45) is 0. The van der Waals surface area contributed by atoms with Gasteiger partial charge in [-0.25, -0.2) is 0 Å². The third kappa shape index (κ3) is 4.36. The minimum absolute atomic E-state index is 0.119. The van der Waals surface area contributed by atoms with E-state index in [1.807, 2.05) is 0 Å². The van der Waals surface area contributed by atoms with Crippen molar-refractivity contribution in [2.45, 2.75) is 19.3 Å². The van der Waals surface area contributed by atoms with Crippen molar-refractivity contribution in [1.29, 1.82) is 0 Å². The molecule has 0 atom stereocenters. The van der Waals surface area contributed by atoms with E-state index in [9.17, 15) is 0 Å². The Morgan fingerprint density at radius 3 is 1.57 bits per heavy atom. The van der Waals surface area contributed by atoms with Gasteiger partial charge in [0, 0.05) is 38.7 Å². The van der Waals surface area contributed by atoms with E-state index >= 15 is 0 Å². The van der Waals surface area contributed by atoms with Crippen LogP contribution in [-0.2, 0) is 5.41 Å².